The van der Waals surface area contributed by atoms with Crippen LogP contribution in [0.15, 0.2) is 23.7 Å². The molecular formula is C13H19N3OS. The summed E-state index contributed by atoms with van der Waals surface area (Å²) < 4.78 is 1.85. The zero-order valence-electron chi connectivity index (χ0n) is 10.8. The van der Waals surface area contributed by atoms with E-state index < -0.39 is 0 Å². The van der Waals surface area contributed by atoms with Crippen molar-refractivity contribution in [1.29, 1.82) is 0 Å². The molecule has 2 aromatic rings. The Kier molecular flexibility index (Phi) is 4.52. The van der Waals surface area contributed by atoms with Gasteiger partial charge in [0.25, 0.3) is 0 Å². The van der Waals surface area contributed by atoms with Crippen LogP contribution in [0.1, 0.15) is 18.9 Å². The molecule has 2 heterocycles. The largest absolute Gasteiger partial charge is 0.396 e. The number of aliphatic hydroxyl groups excluding tert-OH is 1. The lowest BCUT2D eigenvalue weighted by Gasteiger charge is -2.11. The second-order valence-corrected chi connectivity index (χ2v) is 5.40. The highest BCUT2D eigenvalue weighted by atomic mass is 32.1. The van der Waals surface area contributed by atoms with Gasteiger partial charge in [0, 0.05) is 38.0 Å². The smallest absolute Gasteiger partial charge is 0.107 e. The molecular weight excluding hydrogens is 246 g/mol. The Hall–Kier alpha value is -1.17. The number of thiophene rings is 1. The molecule has 0 saturated carbocycles. The van der Waals surface area contributed by atoms with Crippen LogP contribution in [0.4, 0.5) is 0 Å². The van der Waals surface area contributed by atoms with Crippen LogP contribution in [0.2, 0.25) is 0 Å². The maximum Gasteiger partial charge on any atom is 0.107 e. The molecule has 0 bridgehead atoms. The molecule has 0 aliphatic carbocycles. The third-order valence-corrected chi connectivity index (χ3v) is 3.74. The van der Waals surface area contributed by atoms with E-state index in [2.05, 4.69) is 28.8 Å². The first-order valence-electron chi connectivity index (χ1n) is 6.11. The number of aliphatic hydroxyl groups is 1. The monoisotopic (exact) mass is 265 g/mol. The van der Waals surface area contributed by atoms with Gasteiger partial charge in [-0.3, -0.25) is 4.68 Å². The molecule has 18 heavy (non-hydrogen) atoms. The van der Waals surface area contributed by atoms with E-state index in [9.17, 15) is 0 Å². The number of nitrogens with zero attached hydrogens (tertiary/aromatic N) is 2. The standard InChI is InChI=1S/C13H19N3OS/c1-10(5-6-17)14-8-11-9-16(2)15-13(11)12-4-3-7-18-12/h3-4,7,9-10,14,17H,5-6,8H2,1-2H3. The molecule has 2 aromatic heterocycles. The molecule has 4 nitrogen and oxygen atoms in total. The summed E-state index contributed by atoms with van der Waals surface area (Å²) in [5.41, 5.74) is 2.25. The Morgan fingerprint density at radius 2 is 2.39 bits per heavy atom. The minimum atomic E-state index is 0.221. The average Bonchev–Trinajstić information content (AvgIpc) is 2.95. The van der Waals surface area contributed by atoms with Gasteiger partial charge in [-0.15, -0.1) is 11.3 Å². The molecule has 0 amide bonds. The first-order chi connectivity index (χ1) is 8.70. The highest BCUT2D eigenvalue weighted by molar-refractivity contribution is 7.13. The topological polar surface area (TPSA) is 50.1 Å². The van der Waals surface area contributed by atoms with E-state index in [-0.39, 0.29) is 6.61 Å². The number of hydrogen-bond acceptors (Lipinski definition) is 4. The number of aromatic nitrogens is 2. The predicted octanol–water partition coefficient (Wildman–Crippen LogP) is 2.01. The van der Waals surface area contributed by atoms with Crippen LogP contribution >= 0.6 is 11.3 Å². The summed E-state index contributed by atoms with van der Waals surface area (Å²) >= 11 is 1.70. The summed E-state index contributed by atoms with van der Waals surface area (Å²) in [6, 6.07) is 4.44. The first-order valence-corrected chi connectivity index (χ1v) is 6.99. The molecule has 1 atom stereocenters. The van der Waals surface area contributed by atoms with E-state index in [1.165, 1.54) is 10.4 Å². The lowest BCUT2D eigenvalue weighted by atomic mass is 10.2. The van der Waals surface area contributed by atoms with Crippen molar-refractivity contribution < 1.29 is 5.11 Å². The summed E-state index contributed by atoms with van der Waals surface area (Å²) in [5.74, 6) is 0. The van der Waals surface area contributed by atoms with Gasteiger partial charge in [0.15, 0.2) is 0 Å². The number of nitrogens with one attached hydrogen (secondary N) is 1. The third-order valence-electron chi connectivity index (χ3n) is 2.86. The van der Waals surface area contributed by atoms with Crippen LogP contribution < -0.4 is 5.32 Å². The number of hydrogen-bond donors (Lipinski definition) is 2. The van der Waals surface area contributed by atoms with Crippen LogP contribution in [-0.4, -0.2) is 27.5 Å². The lowest BCUT2D eigenvalue weighted by molar-refractivity contribution is 0.268. The van der Waals surface area contributed by atoms with E-state index >= 15 is 0 Å². The van der Waals surface area contributed by atoms with Crippen LogP contribution in [0.25, 0.3) is 10.6 Å². The zero-order valence-corrected chi connectivity index (χ0v) is 11.6. The molecule has 0 saturated heterocycles. The van der Waals surface area contributed by atoms with Crippen molar-refractivity contribution in [2.24, 2.45) is 7.05 Å². The highest BCUT2D eigenvalue weighted by Gasteiger charge is 2.11. The van der Waals surface area contributed by atoms with Gasteiger partial charge in [0.05, 0.1) is 4.88 Å². The fourth-order valence-electron chi connectivity index (χ4n) is 1.87. The minimum Gasteiger partial charge on any atom is -0.396 e. The van der Waals surface area contributed by atoms with Crippen LogP contribution in [0.3, 0.4) is 0 Å². The molecule has 0 radical (unpaired) electrons. The van der Waals surface area contributed by atoms with E-state index in [1.807, 2.05) is 24.0 Å². The van der Waals surface area contributed by atoms with E-state index in [0.717, 1.165) is 18.7 Å². The molecule has 0 fully saturated rings. The molecule has 98 valence electrons. The van der Waals surface area contributed by atoms with E-state index in [1.54, 1.807) is 11.3 Å². The van der Waals surface area contributed by atoms with E-state index in [4.69, 9.17) is 5.11 Å². The normalized spacial score (nSPS) is 12.8. The van der Waals surface area contributed by atoms with Gasteiger partial charge < -0.3 is 10.4 Å². The Morgan fingerprint density at radius 1 is 1.56 bits per heavy atom. The van der Waals surface area contributed by atoms with Crippen molar-refractivity contribution in [2.45, 2.75) is 25.9 Å². The Bertz CT molecular complexity index is 478. The molecule has 0 aromatic carbocycles. The molecule has 5 heteroatoms. The number of rotatable bonds is 6. The maximum atomic E-state index is 8.89. The van der Waals surface area contributed by atoms with E-state index in [0.29, 0.717) is 6.04 Å². The van der Waals surface area contributed by atoms with Gasteiger partial charge >= 0.3 is 0 Å². The lowest BCUT2D eigenvalue weighted by Crippen LogP contribution is -2.26. The summed E-state index contributed by atoms with van der Waals surface area (Å²) in [4.78, 5) is 1.20. The average molecular weight is 265 g/mol. The maximum absolute atomic E-state index is 8.89. The minimum absolute atomic E-state index is 0.221. The van der Waals surface area contributed by atoms with Gasteiger partial charge in [-0.25, -0.2) is 0 Å². The molecule has 0 spiro atoms. The van der Waals surface area contributed by atoms with Gasteiger partial charge in [-0.05, 0) is 24.8 Å². The van der Waals surface area contributed by atoms with Crippen molar-refractivity contribution in [3.05, 3.63) is 29.3 Å². The number of aryl methyl sites for hydroxylation is 1. The SMILES string of the molecule is CC(CCO)NCc1cn(C)nc1-c1cccs1. The second-order valence-electron chi connectivity index (χ2n) is 4.45. The van der Waals surface area contributed by atoms with Gasteiger partial charge in [0.2, 0.25) is 0 Å². The molecule has 0 aliphatic rings. The van der Waals surface area contributed by atoms with Crippen LogP contribution in [0.5, 0.6) is 0 Å². The molecule has 1 unspecified atom stereocenters. The van der Waals surface area contributed by atoms with Crippen molar-refractivity contribution in [2.75, 3.05) is 6.61 Å². The predicted molar refractivity (Wildman–Crippen MR) is 74.5 cm³/mol. The summed E-state index contributed by atoms with van der Waals surface area (Å²) in [6.45, 7) is 3.08. The Balaban J connectivity index is 2.09. The highest BCUT2D eigenvalue weighted by Crippen LogP contribution is 2.26. The summed E-state index contributed by atoms with van der Waals surface area (Å²) in [7, 11) is 1.94. The van der Waals surface area contributed by atoms with Crippen molar-refractivity contribution >= 4 is 11.3 Å². The Morgan fingerprint density at radius 3 is 3.06 bits per heavy atom. The van der Waals surface area contributed by atoms with Crippen molar-refractivity contribution in [3.8, 4) is 10.6 Å². The molecule has 0 aliphatic heterocycles. The third kappa shape index (κ3) is 3.19. The van der Waals surface area contributed by atoms with Crippen LogP contribution in [0, 0.1) is 0 Å². The summed E-state index contributed by atoms with van der Waals surface area (Å²) in [6.07, 6.45) is 2.82. The Labute approximate surface area is 111 Å². The fourth-order valence-corrected chi connectivity index (χ4v) is 2.61. The molecule has 2 rings (SSSR count). The summed E-state index contributed by atoms with van der Waals surface area (Å²) in [5, 5.41) is 18.9. The fraction of sp³-hybridized carbons (Fsp3) is 0.462. The van der Waals surface area contributed by atoms with Crippen LogP contribution in [-0.2, 0) is 13.6 Å². The quantitative estimate of drug-likeness (QED) is 0.840. The van der Waals surface area contributed by atoms with Gasteiger partial charge in [-0.2, -0.15) is 5.10 Å². The molecule has 2 N–H and O–H groups in total. The zero-order chi connectivity index (χ0) is 13.0. The van der Waals surface area contributed by atoms with Crippen molar-refractivity contribution in [3.63, 3.8) is 0 Å². The second kappa shape index (κ2) is 6.13. The van der Waals surface area contributed by atoms with Gasteiger partial charge in [-0.1, -0.05) is 6.07 Å². The van der Waals surface area contributed by atoms with Gasteiger partial charge in [0.1, 0.15) is 5.69 Å². The first kappa shape index (κ1) is 13.3. The van der Waals surface area contributed by atoms with Crippen molar-refractivity contribution in [1.82, 2.24) is 15.1 Å².